The number of nitrogens with two attached hydrogens (primary N) is 1. The maximum absolute atomic E-state index is 12.1. The summed E-state index contributed by atoms with van der Waals surface area (Å²) in [6.45, 7) is 1.49. The standard InChI is InChI=1S/C10H14BrClN2O3S/c1-2-7(5-15)14-18(16,17)9-4-6(12)3-8(13)10(9)11/h3-4,7,14-15H,2,5,13H2,1H3/t7-/m1/s1. The van der Waals surface area contributed by atoms with Crippen LogP contribution in [0.2, 0.25) is 5.02 Å². The Bertz CT molecular complexity index is 532. The Morgan fingerprint density at radius 3 is 2.67 bits per heavy atom. The van der Waals surface area contributed by atoms with Crippen LogP contribution in [-0.2, 0) is 10.0 Å². The van der Waals surface area contributed by atoms with Crippen molar-refractivity contribution in [1.82, 2.24) is 4.72 Å². The number of aliphatic hydroxyl groups excluding tert-OH is 1. The first-order valence-corrected chi connectivity index (χ1v) is 7.85. The minimum absolute atomic E-state index is 0.0422. The summed E-state index contributed by atoms with van der Waals surface area (Å²) in [5.41, 5.74) is 5.88. The highest BCUT2D eigenvalue weighted by atomic mass is 79.9. The van der Waals surface area contributed by atoms with E-state index >= 15 is 0 Å². The summed E-state index contributed by atoms with van der Waals surface area (Å²) in [5.74, 6) is 0. The normalized spacial score (nSPS) is 13.6. The molecule has 5 nitrogen and oxygen atoms in total. The van der Waals surface area contributed by atoms with E-state index < -0.39 is 16.1 Å². The Morgan fingerprint density at radius 1 is 1.56 bits per heavy atom. The molecular formula is C10H14BrClN2O3S. The van der Waals surface area contributed by atoms with Crippen LogP contribution in [-0.4, -0.2) is 26.2 Å². The van der Waals surface area contributed by atoms with Crippen LogP contribution in [0, 0.1) is 0 Å². The monoisotopic (exact) mass is 356 g/mol. The maximum Gasteiger partial charge on any atom is 0.242 e. The van der Waals surface area contributed by atoms with Crippen molar-refractivity contribution in [3.05, 3.63) is 21.6 Å². The first-order valence-electron chi connectivity index (χ1n) is 5.19. The van der Waals surface area contributed by atoms with Crippen molar-refractivity contribution >= 4 is 43.2 Å². The van der Waals surface area contributed by atoms with E-state index in [1.165, 1.54) is 12.1 Å². The molecule has 0 amide bonds. The maximum atomic E-state index is 12.1. The molecular weight excluding hydrogens is 344 g/mol. The van der Waals surface area contributed by atoms with Crippen LogP contribution in [0.1, 0.15) is 13.3 Å². The van der Waals surface area contributed by atoms with Crippen molar-refractivity contribution < 1.29 is 13.5 Å². The van der Waals surface area contributed by atoms with E-state index in [9.17, 15) is 8.42 Å². The predicted molar refractivity (Wildman–Crippen MR) is 75.1 cm³/mol. The zero-order valence-electron chi connectivity index (χ0n) is 9.65. The molecule has 8 heteroatoms. The average Bonchev–Trinajstić information content (AvgIpc) is 2.30. The third-order valence-electron chi connectivity index (χ3n) is 2.36. The highest BCUT2D eigenvalue weighted by Gasteiger charge is 2.22. The van der Waals surface area contributed by atoms with Crippen molar-refractivity contribution in [2.24, 2.45) is 0 Å². The van der Waals surface area contributed by atoms with Gasteiger partial charge in [0.25, 0.3) is 0 Å². The van der Waals surface area contributed by atoms with Gasteiger partial charge in [-0.25, -0.2) is 13.1 Å². The summed E-state index contributed by atoms with van der Waals surface area (Å²) in [6, 6.07) is 2.21. The van der Waals surface area contributed by atoms with Gasteiger partial charge in [-0.3, -0.25) is 0 Å². The third-order valence-corrected chi connectivity index (χ3v) is 5.27. The molecule has 0 aromatic heterocycles. The Morgan fingerprint density at radius 2 is 2.17 bits per heavy atom. The van der Waals surface area contributed by atoms with Gasteiger partial charge in [-0.2, -0.15) is 0 Å². The minimum atomic E-state index is -3.78. The van der Waals surface area contributed by atoms with E-state index in [-0.39, 0.29) is 26.7 Å². The topological polar surface area (TPSA) is 92.4 Å². The first kappa shape index (κ1) is 15.7. The van der Waals surface area contributed by atoms with Crippen LogP contribution in [0.5, 0.6) is 0 Å². The highest BCUT2D eigenvalue weighted by Crippen LogP contribution is 2.31. The summed E-state index contributed by atoms with van der Waals surface area (Å²) >= 11 is 8.91. The zero-order valence-corrected chi connectivity index (χ0v) is 12.8. The molecule has 18 heavy (non-hydrogen) atoms. The van der Waals surface area contributed by atoms with Gasteiger partial charge in [-0.05, 0) is 34.5 Å². The number of anilines is 1. The second-order valence-corrected chi connectivity index (χ2v) is 6.63. The minimum Gasteiger partial charge on any atom is -0.398 e. The summed E-state index contributed by atoms with van der Waals surface area (Å²) in [4.78, 5) is -0.0422. The number of sulfonamides is 1. The number of halogens is 2. The third kappa shape index (κ3) is 3.58. The van der Waals surface area contributed by atoms with Gasteiger partial charge < -0.3 is 10.8 Å². The summed E-state index contributed by atoms with van der Waals surface area (Å²) in [5, 5.41) is 9.26. The molecule has 0 bridgehead atoms. The fourth-order valence-corrected chi connectivity index (χ4v) is 3.92. The number of benzene rings is 1. The fourth-order valence-electron chi connectivity index (χ4n) is 1.31. The molecule has 0 fully saturated rings. The lowest BCUT2D eigenvalue weighted by Gasteiger charge is -2.16. The second kappa shape index (κ2) is 6.21. The molecule has 0 saturated heterocycles. The van der Waals surface area contributed by atoms with Crippen molar-refractivity contribution in [3.63, 3.8) is 0 Å². The Balaban J connectivity index is 3.20. The molecule has 0 aliphatic carbocycles. The van der Waals surface area contributed by atoms with Crippen LogP contribution in [0.15, 0.2) is 21.5 Å². The highest BCUT2D eigenvalue weighted by molar-refractivity contribution is 9.10. The van der Waals surface area contributed by atoms with E-state index in [4.69, 9.17) is 22.4 Å². The molecule has 0 unspecified atom stereocenters. The Hall–Kier alpha value is -0.340. The molecule has 1 rings (SSSR count). The Labute approximate surface area is 120 Å². The van der Waals surface area contributed by atoms with Crippen LogP contribution in [0.4, 0.5) is 5.69 Å². The molecule has 1 aromatic carbocycles. The number of rotatable bonds is 5. The van der Waals surface area contributed by atoms with Gasteiger partial charge in [0.15, 0.2) is 0 Å². The molecule has 1 aromatic rings. The van der Waals surface area contributed by atoms with Crippen LogP contribution < -0.4 is 10.5 Å². The lowest BCUT2D eigenvalue weighted by Crippen LogP contribution is -2.37. The second-order valence-electron chi connectivity index (χ2n) is 3.72. The van der Waals surface area contributed by atoms with E-state index in [0.717, 1.165) is 0 Å². The molecule has 0 radical (unpaired) electrons. The molecule has 0 aliphatic rings. The van der Waals surface area contributed by atoms with Gasteiger partial charge in [0.1, 0.15) is 0 Å². The molecule has 0 heterocycles. The van der Waals surface area contributed by atoms with Gasteiger partial charge in [-0.15, -0.1) is 0 Å². The van der Waals surface area contributed by atoms with E-state index in [1.54, 1.807) is 6.92 Å². The number of hydrogen-bond acceptors (Lipinski definition) is 4. The van der Waals surface area contributed by atoms with Crippen LogP contribution >= 0.6 is 27.5 Å². The van der Waals surface area contributed by atoms with Gasteiger partial charge in [-0.1, -0.05) is 18.5 Å². The van der Waals surface area contributed by atoms with Crippen molar-refractivity contribution in [1.29, 1.82) is 0 Å². The molecule has 4 N–H and O–H groups in total. The molecule has 0 aliphatic heterocycles. The summed E-state index contributed by atoms with van der Waals surface area (Å²) in [7, 11) is -3.78. The van der Waals surface area contributed by atoms with Gasteiger partial charge in [0.05, 0.1) is 16.0 Å². The van der Waals surface area contributed by atoms with Gasteiger partial charge in [0, 0.05) is 16.8 Å². The molecule has 0 spiro atoms. The fraction of sp³-hybridized carbons (Fsp3) is 0.400. The van der Waals surface area contributed by atoms with Crippen molar-refractivity contribution in [2.45, 2.75) is 24.3 Å². The van der Waals surface area contributed by atoms with Crippen LogP contribution in [0.25, 0.3) is 0 Å². The predicted octanol–water partition coefficient (Wildman–Crippen LogP) is 1.73. The number of nitrogen functional groups attached to an aromatic ring is 1. The zero-order chi connectivity index (χ0) is 13.9. The largest absolute Gasteiger partial charge is 0.398 e. The SMILES string of the molecule is CC[C@H](CO)NS(=O)(=O)c1cc(Cl)cc(N)c1Br. The van der Waals surface area contributed by atoms with Crippen molar-refractivity contribution in [3.8, 4) is 0 Å². The number of aliphatic hydroxyl groups is 1. The lowest BCUT2D eigenvalue weighted by atomic mass is 10.3. The van der Waals surface area contributed by atoms with Crippen molar-refractivity contribution in [2.75, 3.05) is 12.3 Å². The molecule has 1 atom stereocenters. The van der Waals surface area contributed by atoms with E-state index in [0.29, 0.717) is 6.42 Å². The lowest BCUT2D eigenvalue weighted by molar-refractivity contribution is 0.254. The first-order chi connectivity index (χ1) is 8.31. The number of hydrogen-bond donors (Lipinski definition) is 3. The molecule has 0 saturated carbocycles. The number of nitrogens with one attached hydrogen (secondary N) is 1. The quantitative estimate of drug-likeness (QED) is 0.700. The van der Waals surface area contributed by atoms with E-state index in [2.05, 4.69) is 20.7 Å². The van der Waals surface area contributed by atoms with Crippen LogP contribution in [0.3, 0.4) is 0 Å². The smallest absolute Gasteiger partial charge is 0.242 e. The summed E-state index contributed by atoms with van der Waals surface area (Å²) < 4.78 is 26.9. The summed E-state index contributed by atoms with van der Waals surface area (Å²) in [6.07, 6.45) is 0.476. The average molecular weight is 358 g/mol. The molecule has 102 valence electrons. The Kier molecular flexibility index (Phi) is 5.42. The van der Waals surface area contributed by atoms with Gasteiger partial charge >= 0.3 is 0 Å². The van der Waals surface area contributed by atoms with E-state index in [1.807, 2.05) is 0 Å². The van der Waals surface area contributed by atoms with Gasteiger partial charge in [0.2, 0.25) is 10.0 Å².